The number of Topliss-reactive ketones (excluding diaryl/α,β-unsaturated/α-hetero) is 1. The number of hydrogen-bond acceptors (Lipinski definition) is 5. The van der Waals surface area contributed by atoms with E-state index in [9.17, 15) is 22.4 Å². The van der Waals surface area contributed by atoms with Crippen LogP contribution in [0.3, 0.4) is 0 Å². The molecule has 1 aromatic carbocycles. The molecule has 2 heterocycles. The van der Waals surface area contributed by atoms with E-state index in [4.69, 9.17) is 4.74 Å². The van der Waals surface area contributed by atoms with Crippen molar-refractivity contribution in [3.63, 3.8) is 0 Å². The molecule has 0 radical (unpaired) electrons. The average molecular weight is 488 g/mol. The number of hydrogen-bond donors (Lipinski definition) is 0. The number of carbonyl (C=O) groups excluding carboxylic acids is 1. The summed E-state index contributed by atoms with van der Waals surface area (Å²) < 4.78 is 60.5. The lowest BCUT2D eigenvalue weighted by molar-refractivity contribution is -0.249. The van der Waals surface area contributed by atoms with Crippen molar-refractivity contribution in [2.75, 3.05) is 6.61 Å². The minimum Gasteiger partial charge on any atom is -0.357 e. The number of benzene rings is 1. The topological polar surface area (TPSA) is 64.4 Å². The van der Waals surface area contributed by atoms with Crippen molar-refractivity contribution in [3.05, 3.63) is 57.8 Å². The van der Waals surface area contributed by atoms with Crippen LogP contribution >= 0.6 is 15.9 Å². The number of rotatable bonds is 4. The van der Waals surface area contributed by atoms with E-state index in [1.54, 1.807) is 0 Å². The minimum absolute atomic E-state index is 0.00564. The Bertz CT molecular complexity index is 1010. The summed E-state index contributed by atoms with van der Waals surface area (Å²) in [4.78, 5) is 24.5. The first-order valence-electron chi connectivity index (χ1n) is 8.93. The van der Waals surface area contributed by atoms with Crippen molar-refractivity contribution in [1.29, 1.82) is 0 Å². The highest BCUT2D eigenvalue weighted by molar-refractivity contribution is 9.10. The summed E-state index contributed by atoms with van der Waals surface area (Å²) in [7, 11) is 0. The molecule has 1 aliphatic rings. The monoisotopic (exact) mass is 487 g/mol. The van der Waals surface area contributed by atoms with Gasteiger partial charge in [0.15, 0.2) is 11.4 Å². The summed E-state index contributed by atoms with van der Waals surface area (Å²) in [5.74, 6) is -1.02. The molecular weight excluding hydrogens is 470 g/mol. The Labute approximate surface area is 178 Å². The third-order valence-corrected chi connectivity index (χ3v) is 5.54. The standard InChI is InChI=1S/C20H18BrF4N3O2/c1-11-19(3,20(23,24)25)30-10-18(2,28-11)14-6-12(4-5-15(14)22)7-16(29)17-26-8-13(21)9-27-17/h4-6,8-9H,7,10H2,1-3H3/t18-,19+/m0/s1. The molecule has 2 aromatic rings. The van der Waals surface area contributed by atoms with Gasteiger partial charge in [-0.2, -0.15) is 13.2 Å². The first kappa shape index (κ1) is 22.5. The van der Waals surface area contributed by atoms with Gasteiger partial charge in [-0.15, -0.1) is 0 Å². The quantitative estimate of drug-likeness (QED) is 0.457. The summed E-state index contributed by atoms with van der Waals surface area (Å²) >= 11 is 3.18. The Morgan fingerprint density at radius 3 is 2.43 bits per heavy atom. The maximum absolute atomic E-state index is 14.6. The molecule has 0 aliphatic carbocycles. The summed E-state index contributed by atoms with van der Waals surface area (Å²) in [6, 6.07) is 4.01. The molecule has 1 aromatic heterocycles. The van der Waals surface area contributed by atoms with Gasteiger partial charge in [0.05, 0.1) is 16.8 Å². The normalized spacial score (nSPS) is 24.5. The van der Waals surface area contributed by atoms with Gasteiger partial charge in [0.2, 0.25) is 5.78 Å². The van der Waals surface area contributed by atoms with Crippen LogP contribution in [-0.2, 0) is 16.7 Å². The summed E-state index contributed by atoms with van der Waals surface area (Å²) in [6.45, 7) is 3.13. The van der Waals surface area contributed by atoms with Crippen LogP contribution in [-0.4, -0.2) is 39.8 Å². The Morgan fingerprint density at radius 1 is 1.23 bits per heavy atom. The van der Waals surface area contributed by atoms with Crippen LogP contribution in [0.2, 0.25) is 0 Å². The molecule has 0 saturated carbocycles. The second-order valence-electron chi connectivity index (χ2n) is 7.43. The highest BCUT2D eigenvalue weighted by Crippen LogP contribution is 2.42. The van der Waals surface area contributed by atoms with Gasteiger partial charge >= 0.3 is 6.18 Å². The fourth-order valence-electron chi connectivity index (χ4n) is 3.14. The molecule has 0 unspecified atom stereocenters. The molecule has 0 bridgehead atoms. The molecule has 0 N–H and O–H groups in total. The van der Waals surface area contributed by atoms with Gasteiger partial charge < -0.3 is 4.74 Å². The Balaban J connectivity index is 1.92. The predicted octanol–water partition coefficient (Wildman–Crippen LogP) is 4.83. The number of ether oxygens (including phenoxy) is 1. The zero-order chi connectivity index (χ0) is 22.3. The van der Waals surface area contributed by atoms with Crippen molar-refractivity contribution in [2.24, 2.45) is 4.99 Å². The molecular formula is C20H18BrF4N3O2. The van der Waals surface area contributed by atoms with Gasteiger partial charge in [-0.1, -0.05) is 6.07 Å². The average Bonchev–Trinajstić information content (AvgIpc) is 2.66. The number of aromatic nitrogens is 2. The molecule has 5 nitrogen and oxygen atoms in total. The van der Waals surface area contributed by atoms with Crippen LogP contribution in [0.4, 0.5) is 17.6 Å². The van der Waals surface area contributed by atoms with Gasteiger partial charge in [0.1, 0.15) is 11.4 Å². The second-order valence-corrected chi connectivity index (χ2v) is 8.35. The lowest BCUT2D eigenvalue weighted by Crippen LogP contribution is -2.56. The highest BCUT2D eigenvalue weighted by Gasteiger charge is 2.58. The lowest BCUT2D eigenvalue weighted by atomic mass is 9.87. The van der Waals surface area contributed by atoms with E-state index in [0.717, 1.165) is 13.0 Å². The first-order valence-corrected chi connectivity index (χ1v) is 9.72. The van der Waals surface area contributed by atoms with Gasteiger partial charge in [0, 0.05) is 24.4 Å². The predicted molar refractivity (Wildman–Crippen MR) is 105 cm³/mol. The SMILES string of the molecule is CC1=N[C@](C)(c2cc(CC(=O)c3ncc(Br)cn3)ccc2F)CO[C@@]1(C)C(F)(F)F. The van der Waals surface area contributed by atoms with Crippen molar-refractivity contribution in [3.8, 4) is 0 Å². The Hall–Kier alpha value is -2.20. The van der Waals surface area contributed by atoms with Crippen LogP contribution in [0.5, 0.6) is 0 Å². The van der Waals surface area contributed by atoms with Gasteiger partial charge in [-0.3, -0.25) is 9.79 Å². The van der Waals surface area contributed by atoms with Crippen molar-refractivity contribution >= 4 is 27.4 Å². The van der Waals surface area contributed by atoms with Crippen LogP contribution in [0.25, 0.3) is 0 Å². The number of aliphatic imine (C=N–C) groups is 1. The van der Waals surface area contributed by atoms with E-state index < -0.39 is 29.7 Å². The van der Waals surface area contributed by atoms with Crippen molar-refractivity contribution in [2.45, 2.75) is 44.5 Å². The fraction of sp³-hybridized carbons (Fsp3) is 0.400. The number of alkyl halides is 3. The van der Waals surface area contributed by atoms with E-state index in [1.165, 1.54) is 38.4 Å². The van der Waals surface area contributed by atoms with Gasteiger partial charge in [-0.05, 0) is 54.4 Å². The molecule has 0 spiro atoms. The van der Waals surface area contributed by atoms with E-state index in [1.807, 2.05) is 0 Å². The largest absolute Gasteiger partial charge is 0.422 e. The smallest absolute Gasteiger partial charge is 0.357 e. The van der Waals surface area contributed by atoms with Crippen molar-refractivity contribution in [1.82, 2.24) is 9.97 Å². The first-order chi connectivity index (χ1) is 13.9. The number of ketones is 1. The summed E-state index contributed by atoms with van der Waals surface area (Å²) in [5.41, 5.74) is -3.69. The lowest BCUT2D eigenvalue weighted by Gasteiger charge is -2.41. The van der Waals surface area contributed by atoms with E-state index >= 15 is 0 Å². The summed E-state index contributed by atoms with van der Waals surface area (Å²) in [5, 5.41) is 0. The molecule has 1 aliphatic heterocycles. The van der Waals surface area contributed by atoms with E-state index in [2.05, 4.69) is 30.9 Å². The van der Waals surface area contributed by atoms with Gasteiger partial charge in [-0.25, -0.2) is 14.4 Å². The van der Waals surface area contributed by atoms with Gasteiger partial charge in [0.25, 0.3) is 0 Å². The summed E-state index contributed by atoms with van der Waals surface area (Å²) in [6.07, 6.45) is -1.88. The van der Waals surface area contributed by atoms with E-state index in [-0.39, 0.29) is 29.3 Å². The minimum atomic E-state index is -4.65. The highest BCUT2D eigenvalue weighted by atomic mass is 79.9. The van der Waals surface area contributed by atoms with Crippen LogP contribution in [0.1, 0.15) is 42.5 Å². The number of halogens is 5. The molecule has 160 valence electrons. The van der Waals surface area contributed by atoms with Crippen molar-refractivity contribution < 1.29 is 27.1 Å². The molecule has 0 amide bonds. The second kappa shape index (κ2) is 7.81. The van der Waals surface area contributed by atoms with Crippen LogP contribution in [0.15, 0.2) is 40.1 Å². The molecule has 30 heavy (non-hydrogen) atoms. The van der Waals surface area contributed by atoms with Crippen LogP contribution < -0.4 is 0 Å². The third kappa shape index (κ3) is 4.15. The Kier molecular flexibility index (Phi) is 5.85. The maximum Gasteiger partial charge on any atom is 0.422 e. The maximum atomic E-state index is 14.6. The molecule has 3 rings (SSSR count). The van der Waals surface area contributed by atoms with E-state index in [0.29, 0.717) is 10.0 Å². The molecule has 2 atom stereocenters. The zero-order valence-corrected chi connectivity index (χ0v) is 17.9. The number of carbonyl (C=O) groups is 1. The fourth-order valence-corrected chi connectivity index (χ4v) is 3.34. The number of nitrogens with zero attached hydrogens (tertiary/aromatic N) is 3. The molecule has 0 fully saturated rings. The molecule has 0 saturated heterocycles. The third-order valence-electron chi connectivity index (χ3n) is 5.13. The van der Waals surface area contributed by atoms with Crippen LogP contribution in [0, 0.1) is 5.82 Å². The Morgan fingerprint density at radius 2 is 1.87 bits per heavy atom. The molecule has 10 heteroatoms. The zero-order valence-electron chi connectivity index (χ0n) is 16.3.